The van der Waals surface area contributed by atoms with Gasteiger partial charge in [-0.3, -0.25) is 9.36 Å². The molecule has 0 radical (unpaired) electrons. The molecule has 0 saturated heterocycles. The molecule has 0 fully saturated rings. The van der Waals surface area contributed by atoms with E-state index in [0.29, 0.717) is 17.2 Å². The highest BCUT2D eigenvalue weighted by molar-refractivity contribution is 5.93. The zero-order valence-corrected chi connectivity index (χ0v) is 14.0. The van der Waals surface area contributed by atoms with Crippen molar-refractivity contribution in [1.29, 1.82) is 0 Å². The van der Waals surface area contributed by atoms with Crippen LogP contribution in [0.25, 0.3) is 5.69 Å². The average Bonchev–Trinajstić information content (AvgIpc) is 3.06. The molecule has 0 aliphatic rings. The van der Waals surface area contributed by atoms with Gasteiger partial charge < -0.3 is 14.8 Å². The topological polar surface area (TPSA) is 78.3 Å². The van der Waals surface area contributed by atoms with E-state index in [1.54, 1.807) is 30.1 Å². The third kappa shape index (κ3) is 3.77. The Morgan fingerprint density at radius 3 is 2.56 bits per heavy atom. The highest BCUT2D eigenvalue weighted by atomic mass is 16.5. The number of methoxy groups -OCH3 is 1. The Bertz CT molecular complexity index is 876. The minimum atomic E-state index is -0.274. The van der Waals surface area contributed by atoms with E-state index in [1.807, 2.05) is 43.3 Å². The molecule has 1 heterocycles. The lowest BCUT2D eigenvalue weighted by molar-refractivity contribution is -0.118. The molecule has 3 aromatic rings. The fraction of sp³-hybridized carbons (Fsp3) is 0.167. The number of anilines is 1. The zero-order chi connectivity index (χ0) is 17.6. The molecule has 7 heteroatoms. The number of amides is 1. The van der Waals surface area contributed by atoms with Crippen LogP contribution in [0.3, 0.4) is 0 Å². The molecule has 2 aromatic carbocycles. The highest BCUT2D eigenvalue weighted by Gasteiger charge is 2.11. The Kier molecular flexibility index (Phi) is 4.94. The quantitative estimate of drug-likeness (QED) is 0.747. The lowest BCUT2D eigenvalue weighted by atomic mass is 10.2. The van der Waals surface area contributed by atoms with Crippen LogP contribution in [0, 0.1) is 6.92 Å². The molecule has 1 aromatic heterocycles. The van der Waals surface area contributed by atoms with Crippen LogP contribution in [0.15, 0.2) is 54.9 Å². The molecule has 0 atom stereocenters. The van der Waals surface area contributed by atoms with Crippen LogP contribution in [0.4, 0.5) is 5.69 Å². The molecular weight excluding hydrogens is 320 g/mol. The molecule has 1 N–H and O–H groups in total. The summed E-state index contributed by atoms with van der Waals surface area (Å²) in [5, 5.41) is 10.7. The van der Waals surface area contributed by atoms with Crippen molar-refractivity contribution >= 4 is 11.6 Å². The molecule has 0 spiro atoms. The molecule has 0 aliphatic carbocycles. The lowest BCUT2D eigenvalue weighted by Gasteiger charge is -2.13. The molecule has 3 rings (SSSR count). The fourth-order valence-corrected chi connectivity index (χ4v) is 2.39. The first-order valence-corrected chi connectivity index (χ1v) is 7.70. The number of rotatable bonds is 6. The Labute approximate surface area is 145 Å². The number of aryl methyl sites for hydroxylation is 1. The molecule has 128 valence electrons. The summed E-state index contributed by atoms with van der Waals surface area (Å²) in [7, 11) is 1.56. The lowest BCUT2D eigenvalue weighted by Crippen LogP contribution is -2.21. The number of nitrogens with one attached hydrogen (secondary N) is 1. The molecule has 25 heavy (non-hydrogen) atoms. The van der Waals surface area contributed by atoms with E-state index in [4.69, 9.17) is 9.47 Å². The fourth-order valence-electron chi connectivity index (χ4n) is 2.39. The number of carbonyl (C=O) groups is 1. The number of benzene rings is 2. The number of carbonyl (C=O) groups excluding carboxylic acids is 1. The first-order valence-electron chi connectivity index (χ1n) is 7.70. The summed E-state index contributed by atoms with van der Waals surface area (Å²) in [6.07, 6.45) is 1.60. The van der Waals surface area contributed by atoms with Crippen molar-refractivity contribution in [2.75, 3.05) is 19.0 Å². The maximum atomic E-state index is 12.3. The van der Waals surface area contributed by atoms with Gasteiger partial charge in [-0.25, -0.2) is 0 Å². The van der Waals surface area contributed by atoms with E-state index in [-0.39, 0.29) is 12.5 Å². The second-order valence-electron chi connectivity index (χ2n) is 5.25. The summed E-state index contributed by atoms with van der Waals surface area (Å²) in [5.41, 5.74) is 1.44. The highest BCUT2D eigenvalue weighted by Crippen LogP contribution is 2.26. The van der Waals surface area contributed by atoms with Gasteiger partial charge in [-0.1, -0.05) is 24.3 Å². The first kappa shape index (κ1) is 16.5. The van der Waals surface area contributed by atoms with E-state index in [2.05, 4.69) is 15.5 Å². The van der Waals surface area contributed by atoms with Crippen LogP contribution >= 0.6 is 0 Å². The van der Waals surface area contributed by atoms with E-state index in [9.17, 15) is 4.79 Å². The Balaban J connectivity index is 1.71. The molecule has 0 bridgehead atoms. The first-order chi connectivity index (χ1) is 12.2. The second-order valence-corrected chi connectivity index (χ2v) is 5.25. The predicted molar refractivity (Wildman–Crippen MR) is 93.2 cm³/mol. The Hall–Kier alpha value is -3.35. The molecule has 0 saturated carbocycles. The van der Waals surface area contributed by atoms with Gasteiger partial charge in [0.25, 0.3) is 5.91 Å². The van der Waals surface area contributed by atoms with Crippen LogP contribution in [0.5, 0.6) is 11.5 Å². The van der Waals surface area contributed by atoms with E-state index >= 15 is 0 Å². The monoisotopic (exact) mass is 338 g/mol. The van der Waals surface area contributed by atoms with Crippen LogP contribution < -0.4 is 14.8 Å². The molecule has 7 nitrogen and oxygen atoms in total. The maximum absolute atomic E-state index is 12.3. The minimum absolute atomic E-state index is 0.129. The number of para-hydroxylation sites is 4. The van der Waals surface area contributed by atoms with Crippen molar-refractivity contribution in [3.05, 3.63) is 60.7 Å². The second kappa shape index (κ2) is 7.48. The van der Waals surface area contributed by atoms with Gasteiger partial charge in [-0.15, -0.1) is 10.2 Å². The third-order valence-electron chi connectivity index (χ3n) is 3.58. The number of hydrogen-bond donors (Lipinski definition) is 1. The van der Waals surface area contributed by atoms with Crippen LogP contribution in [-0.2, 0) is 4.79 Å². The van der Waals surface area contributed by atoms with E-state index < -0.39 is 0 Å². The van der Waals surface area contributed by atoms with Crippen molar-refractivity contribution in [3.8, 4) is 17.2 Å². The molecular formula is C18H18N4O3. The molecule has 0 aliphatic heterocycles. The number of hydrogen-bond acceptors (Lipinski definition) is 5. The van der Waals surface area contributed by atoms with Crippen molar-refractivity contribution in [2.45, 2.75) is 6.92 Å². The van der Waals surface area contributed by atoms with Crippen LogP contribution in [0.2, 0.25) is 0 Å². The SMILES string of the molecule is COc1ccccc1OCC(=O)Nc1ccccc1-n1cnnc1C. The predicted octanol–water partition coefficient (Wildman–Crippen LogP) is 2.60. The van der Waals surface area contributed by atoms with E-state index in [1.165, 1.54) is 0 Å². The van der Waals surface area contributed by atoms with Gasteiger partial charge in [0.1, 0.15) is 12.2 Å². The van der Waals surface area contributed by atoms with Gasteiger partial charge in [0, 0.05) is 0 Å². The number of nitrogens with zero attached hydrogens (tertiary/aromatic N) is 3. The van der Waals surface area contributed by atoms with Gasteiger partial charge in [0.15, 0.2) is 18.1 Å². The number of aromatic nitrogens is 3. The van der Waals surface area contributed by atoms with Gasteiger partial charge in [0.2, 0.25) is 0 Å². The van der Waals surface area contributed by atoms with Crippen molar-refractivity contribution < 1.29 is 14.3 Å². The number of ether oxygens (including phenoxy) is 2. The van der Waals surface area contributed by atoms with Crippen molar-refractivity contribution in [2.24, 2.45) is 0 Å². The van der Waals surface area contributed by atoms with Gasteiger partial charge in [-0.2, -0.15) is 0 Å². The van der Waals surface area contributed by atoms with Crippen LogP contribution in [-0.4, -0.2) is 34.4 Å². The summed E-state index contributed by atoms with van der Waals surface area (Å²) in [6, 6.07) is 14.6. The summed E-state index contributed by atoms with van der Waals surface area (Å²) in [5.74, 6) is 1.55. The van der Waals surface area contributed by atoms with Crippen LogP contribution in [0.1, 0.15) is 5.82 Å². The standard InChI is InChI=1S/C18H18N4O3/c1-13-21-19-12-22(13)15-8-4-3-7-14(15)20-18(23)11-25-17-10-6-5-9-16(17)24-2/h3-10,12H,11H2,1-2H3,(H,20,23). The smallest absolute Gasteiger partial charge is 0.262 e. The Morgan fingerprint density at radius 1 is 1.12 bits per heavy atom. The summed E-state index contributed by atoms with van der Waals surface area (Å²) in [4.78, 5) is 12.3. The normalized spacial score (nSPS) is 10.3. The largest absolute Gasteiger partial charge is 0.493 e. The van der Waals surface area contributed by atoms with Gasteiger partial charge in [-0.05, 0) is 31.2 Å². The minimum Gasteiger partial charge on any atom is -0.493 e. The maximum Gasteiger partial charge on any atom is 0.262 e. The summed E-state index contributed by atoms with van der Waals surface area (Å²) in [6.45, 7) is 1.71. The third-order valence-corrected chi connectivity index (χ3v) is 3.58. The molecule has 1 amide bonds. The Morgan fingerprint density at radius 2 is 1.84 bits per heavy atom. The molecule has 0 unspecified atom stereocenters. The summed E-state index contributed by atoms with van der Waals surface area (Å²) >= 11 is 0. The summed E-state index contributed by atoms with van der Waals surface area (Å²) < 4.78 is 12.6. The average molecular weight is 338 g/mol. The van der Waals surface area contributed by atoms with Gasteiger partial charge >= 0.3 is 0 Å². The van der Waals surface area contributed by atoms with Crippen molar-refractivity contribution in [3.63, 3.8) is 0 Å². The van der Waals surface area contributed by atoms with E-state index in [0.717, 1.165) is 11.5 Å². The zero-order valence-electron chi connectivity index (χ0n) is 14.0. The van der Waals surface area contributed by atoms with Crippen molar-refractivity contribution in [1.82, 2.24) is 14.8 Å². The van der Waals surface area contributed by atoms with Gasteiger partial charge in [0.05, 0.1) is 18.5 Å².